The predicted molar refractivity (Wildman–Crippen MR) is 104 cm³/mol. The first-order valence-corrected chi connectivity index (χ1v) is 8.47. The van der Waals surface area contributed by atoms with Gasteiger partial charge in [-0.05, 0) is 46.9 Å². The smallest absolute Gasteiger partial charge is 0.271 e. The van der Waals surface area contributed by atoms with Crippen molar-refractivity contribution in [2.45, 2.75) is 26.2 Å². The second-order valence-electron chi connectivity index (χ2n) is 6.88. The first-order valence-electron chi connectivity index (χ1n) is 8.47. The van der Waals surface area contributed by atoms with Gasteiger partial charge in [0.05, 0.1) is 13.3 Å². The van der Waals surface area contributed by atoms with Gasteiger partial charge >= 0.3 is 0 Å². The summed E-state index contributed by atoms with van der Waals surface area (Å²) in [5.74, 6) is 0.671. The van der Waals surface area contributed by atoms with E-state index in [0.29, 0.717) is 17.1 Å². The minimum absolute atomic E-state index is 0.0370. The molecule has 0 aliphatic heterocycles. The fourth-order valence-electron chi connectivity index (χ4n) is 2.35. The fraction of sp³-hybridized carbons (Fsp3) is 0.286. The van der Waals surface area contributed by atoms with Crippen LogP contribution in [-0.2, 0) is 5.41 Å². The van der Waals surface area contributed by atoms with Crippen molar-refractivity contribution < 1.29 is 14.3 Å². The molecule has 0 spiro atoms. The minimum Gasteiger partial charge on any atom is -0.493 e. The maximum absolute atomic E-state index is 12.2. The third kappa shape index (κ3) is 5.58. The van der Waals surface area contributed by atoms with Crippen molar-refractivity contribution in [3.8, 4) is 17.6 Å². The molecule has 0 aromatic heterocycles. The standard InChI is InChI=1S/C21H23N3O3/c1-21(2,3)17-8-6-16(7-9-17)20(25)24-23-14-15-5-10-18(27-12-11-22)19(13-15)26-4/h5-10,13-14H,12H2,1-4H3,(H,24,25)/b23-14-. The molecule has 2 aromatic carbocycles. The molecule has 27 heavy (non-hydrogen) atoms. The lowest BCUT2D eigenvalue weighted by Gasteiger charge is -2.18. The normalized spacial score (nSPS) is 11.1. The lowest BCUT2D eigenvalue weighted by Crippen LogP contribution is -2.18. The Morgan fingerprint density at radius 1 is 1.19 bits per heavy atom. The van der Waals surface area contributed by atoms with Gasteiger partial charge in [-0.2, -0.15) is 10.4 Å². The number of hydrazone groups is 1. The molecule has 2 rings (SSSR count). The number of rotatable bonds is 6. The predicted octanol–water partition coefficient (Wildman–Crippen LogP) is 3.66. The average molecular weight is 365 g/mol. The van der Waals surface area contributed by atoms with Crippen LogP contribution in [0.4, 0.5) is 0 Å². The summed E-state index contributed by atoms with van der Waals surface area (Å²) in [7, 11) is 1.51. The van der Waals surface area contributed by atoms with E-state index in [4.69, 9.17) is 14.7 Å². The zero-order valence-corrected chi connectivity index (χ0v) is 15.9. The van der Waals surface area contributed by atoms with E-state index in [1.54, 1.807) is 30.3 Å². The number of hydrogen-bond acceptors (Lipinski definition) is 5. The Morgan fingerprint density at radius 3 is 2.48 bits per heavy atom. The van der Waals surface area contributed by atoms with Gasteiger partial charge in [-0.1, -0.05) is 32.9 Å². The topological polar surface area (TPSA) is 83.7 Å². The van der Waals surface area contributed by atoms with Crippen LogP contribution in [0.2, 0.25) is 0 Å². The van der Waals surface area contributed by atoms with Crippen molar-refractivity contribution >= 4 is 12.1 Å². The number of nitriles is 1. The highest BCUT2D eigenvalue weighted by Gasteiger charge is 2.14. The van der Waals surface area contributed by atoms with Crippen LogP contribution in [0.15, 0.2) is 47.6 Å². The number of amides is 1. The van der Waals surface area contributed by atoms with Gasteiger partial charge in [0.15, 0.2) is 18.1 Å². The zero-order chi connectivity index (χ0) is 19.9. The highest BCUT2D eigenvalue weighted by Crippen LogP contribution is 2.27. The highest BCUT2D eigenvalue weighted by atomic mass is 16.5. The van der Waals surface area contributed by atoms with Crippen molar-refractivity contribution in [3.63, 3.8) is 0 Å². The molecule has 6 nitrogen and oxygen atoms in total. The molecule has 140 valence electrons. The lowest BCUT2D eigenvalue weighted by atomic mass is 9.87. The largest absolute Gasteiger partial charge is 0.493 e. The summed E-state index contributed by atoms with van der Waals surface area (Å²) in [6, 6.07) is 14.5. The number of benzene rings is 2. The van der Waals surface area contributed by atoms with Crippen molar-refractivity contribution in [2.75, 3.05) is 13.7 Å². The number of nitrogens with zero attached hydrogens (tertiary/aromatic N) is 2. The molecule has 0 fully saturated rings. The SMILES string of the molecule is COc1cc(/C=N\NC(=O)c2ccc(C(C)(C)C)cc2)ccc1OCC#N. The summed E-state index contributed by atoms with van der Waals surface area (Å²) >= 11 is 0. The third-order valence-corrected chi connectivity index (χ3v) is 3.87. The number of nitrogens with one attached hydrogen (secondary N) is 1. The molecule has 0 unspecified atom stereocenters. The fourth-order valence-corrected chi connectivity index (χ4v) is 2.35. The Kier molecular flexibility index (Phi) is 6.56. The second kappa shape index (κ2) is 8.86. The molecule has 0 aliphatic carbocycles. The van der Waals surface area contributed by atoms with Gasteiger partial charge in [0.25, 0.3) is 5.91 Å². The molecule has 0 saturated heterocycles. The van der Waals surface area contributed by atoms with Crippen LogP contribution in [-0.4, -0.2) is 25.8 Å². The van der Waals surface area contributed by atoms with Crippen LogP contribution in [0.3, 0.4) is 0 Å². The highest BCUT2D eigenvalue weighted by molar-refractivity contribution is 5.95. The van der Waals surface area contributed by atoms with E-state index >= 15 is 0 Å². The summed E-state index contributed by atoms with van der Waals surface area (Å²) in [6.07, 6.45) is 1.51. The van der Waals surface area contributed by atoms with Crippen molar-refractivity contribution in [1.82, 2.24) is 5.43 Å². The molecule has 6 heteroatoms. The second-order valence-corrected chi connectivity index (χ2v) is 6.88. The summed E-state index contributed by atoms with van der Waals surface area (Å²) in [5, 5.41) is 12.6. The van der Waals surface area contributed by atoms with Crippen molar-refractivity contribution in [2.24, 2.45) is 5.10 Å². The van der Waals surface area contributed by atoms with Crippen LogP contribution in [0.5, 0.6) is 11.5 Å². The van der Waals surface area contributed by atoms with E-state index in [-0.39, 0.29) is 17.9 Å². The maximum atomic E-state index is 12.2. The molecule has 0 heterocycles. The quantitative estimate of drug-likeness (QED) is 0.625. The molecular formula is C21H23N3O3. The number of hydrogen-bond donors (Lipinski definition) is 1. The average Bonchev–Trinajstić information content (AvgIpc) is 2.66. The summed E-state index contributed by atoms with van der Waals surface area (Å²) in [4.78, 5) is 12.2. The van der Waals surface area contributed by atoms with E-state index < -0.39 is 0 Å². The van der Waals surface area contributed by atoms with Gasteiger partial charge < -0.3 is 9.47 Å². The Hall–Kier alpha value is -3.33. The molecular weight excluding hydrogens is 342 g/mol. The molecule has 0 aliphatic rings. The Bertz CT molecular complexity index is 860. The number of ether oxygens (including phenoxy) is 2. The van der Waals surface area contributed by atoms with Gasteiger partial charge in [-0.25, -0.2) is 5.43 Å². The zero-order valence-electron chi connectivity index (χ0n) is 15.9. The van der Waals surface area contributed by atoms with E-state index in [9.17, 15) is 4.79 Å². The van der Waals surface area contributed by atoms with E-state index in [0.717, 1.165) is 11.1 Å². The maximum Gasteiger partial charge on any atom is 0.271 e. The van der Waals surface area contributed by atoms with Crippen LogP contribution in [0, 0.1) is 11.3 Å². The van der Waals surface area contributed by atoms with Gasteiger partial charge in [0.1, 0.15) is 6.07 Å². The Balaban J connectivity index is 2.02. The van der Waals surface area contributed by atoms with Crippen molar-refractivity contribution in [3.05, 3.63) is 59.2 Å². The summed E-state index contributed by atoms with van der Waals surface area (Å²) in [5.41, 5.74) is 4.97. The molecule has 0 saturated carbocycles. The first kappa shape index (κ1) is 20.0. The monoisotopic (exact) mass is 365 g/mol. The number of carbonyl (C=O) groups is 1. The van der Waals surface area contributed by atoms with Crippen LogP contribution >= 0.6 is 0 Å². The van der Waals surface area contributed by atoms with Crippen LogP contribution in [0.25, 0.3) is 0 Å². The molecule has 1 amide bonds. The van der Waals surface area contributed by atoms with Gasteiger partial charge in [-0.15, -0.1) is 0 Å². The Labute approximate surface area is 159 Å². The van der Waals surface area contributed by atoms with Gasteiger partial charge in [-0.3, -0.25) is 4.79 Å². The molecule has 1 N–H and O–H groups in total. The minimum atomic E-state index is -0.285. The first-order chi connectivity index (χ1) is 12.8. The third-order valence-electron chi connectivity index (χ3n) is 3.87. The van der Waals surface area contributed by atoms with Crippen molar-refractivity contribution in [1.29, 1.82) is 5.26 Å². The number of methoxy groups -OCH3 is 1. The van der Waals surface area contributed by atoms with Crippen LogP contribution in [0.1, 0.15) is 42.3 Å². The van der Waals surface area contributed by atoms with Crippen LogP contribution < -0.4 is 14.9 Å². The Morgan fingerprint density at radius 2 is 1.89 bits per heavy atom. The number of carbonyl (C=O) groups excluding carboxylic acids is 1. The van der Waals surface area contributed by atoms with E-state index in [2.05, 4.69) is 31.3 Å². The molecule has 2 aromatic rings. The summed E-state index contributed by atoms with van der Waals surface area (Å²) in [6.45, 7) is 6.31. The van der Waals surface area contributed by atoms with E-state index in [1.165, 1.54) is 13.3 Å². The molecule has 0 radical (unpaired) electrons. The van der Waals surface area contributed by atoms with Gasteiger partial charge in [0, 0.05) is 5.56 Å². The summed E-state index contributed by atoms with van der Waals surface area (Å²) < 4.78 is 10.5. The lowest BCUT2D eigenvalue weighted by molar-refractivity contribution is 0.0955. The molecule has 0 bridgehead atoms. The van der Waals surface area contributed by atoms with E-state index in [1.807, 2.05) is 18.2 Å². The van der Waals surface area contributed by atoms with Gasteiger partial charge in [0.2, 0.25) is 0 Å². The molecule has 0 atom stereocenters.